The fourth-order valence-corrected chi connectivity index (χ4v) is 2.91. The number of fused-ring (bicyclic) bond motifs is 1. The van der Waals surface area contributed by atoms with Crippen LogP contribution in [0, 0.1) is 0 Å². The third-order valence-corrected chi connectivity index (χ3v) is 4.04. The van der Waals surface area contributed by atoms with Crippen LogP contribution >= 0.6 is 0 Å². The molecule has 108 valence electrons. The minimum atomic E-state index is -0.235. The third kappa shape index (κ3) is 2.81. The monoisotopic (exact) mass is 282 g/mol. The highest BCUT2D eigenvalue weighted by molar-refractivity contribution is 6.00. The fraction of sp³-hybridized carbons (Fsp3) is 0.294. The molecule has 1 aliphatic heterocycles. The van der Waals surface area contributed by atoms with E-state index < -0.39 is 0 Å². The van der Waals surface area contributed by atoms with Gasteiger partial charge < -0.3 is 0 Å². The van der Waals surface area contributed by atoms with Gasteiger partial charge in [-0.1, -0.05) is 42.5 Å². The molecular weight excluding hydrogens is 264 g/mol. The van der Waals surface area contributed by atoms with E-state index in [4.69, 9.17) is 0 Å². The molecule has 2 aromatic rings. The molecule has 0 saturated carbocycles. The predicted molar refractivity (Wildman–Crippen MR) is 81.6 cm³/mol. The van der Waals surface area contributed by atoms with Crippen molar-refractivity contribution in [3.63, 3.8) is 0 Å². The molecular formula is C17H18N2O2. The maximum atomic E-state index is 11.9. The second kappa shape index (κ2) is 5.66. The molecule has 1 atom stereocenters. The molecule has 0 radical (unpaired) electrons. The first kappa shape index (κ1) is 13.8. The molecule has 1 fully saturated rings. The Morgan fingerprint density at radius 2 is 1.90 bits per heavy atom. The molecule has 0 bridgehead atoms. The molecule has 4 nitrogen and oxygen atoms in total. The molecule has 3 rings (SSSR count). The summed E-state index contributed by atoms with van der Waals surface area (Å²) in [5, 5.41) is 4.82. The Balaban J connectivity index is 1.82. The number of carbonyl (C=O) groups is 2. The smallest absolute Gasteiger partial charge is 0.243 e. The Hall–Kier alpha value is -2.20. The molecule has 1 N–H and O–H groups in total. The molecule has 1 saturated heterocycles. The van der Waals surface area contributed by atoms with Gasteiger partial charge in [-0.15, -0.1) is 0 Å². The average molecular weight is 282 g/mol. The number of hydrogen-bond acceptors (Lipinski definition) is 3. The van der Waals surface area contributed by atoms with E-state index in [1.165, 1.54) is 16.3 Å². The summed E-state index contributed by atoms with van der Waals surface area (Å²) in [5.41, 5.74) is 1.19. The van der Waals surface area contributed by atoms with Crippen LogP contribution in [0.5, 0.6) is 0 Å². The van der Waals surface area contributed by atoms with E-state index in [1.807, 2.05) is 30.1 Å². The normalized spacial score (nSPS) is 19.0. The van der Waals surface area contributed by atoms with E-state index in [9.17, 15) is 9.59 Å². The average Bonchev–Trinajstić information content (AvgIpc) is 2.47. The maximum Gasteiger partial charge on any atom is 0.243 e. The second-order valence-electron chi connectivity index (χ2n) is 5.52. The van der Waals surface area contributed by atoms with E-state index in [1.54, 1.807) is 0 Å². The zero-order valence-corrected chi connectivity index (χ0v) is 12.0. The third-order valence-electron chi connectivity index (χ3n) is 4.04. The van der Waals surface area contributed by atoms with Gasteiger partial charge in [0.05, 0.1) is 6.04 Å². The van der Waals surface area contributed by atoms with Crippen molar-refractivity contribution in [3.8, 4) is 0 Å². The predicted octanol–water partition coefficient (Wildman–Crippen LogP) is 2.08. The van der Waals surface area contributed by atoms with Gasteiger partial charge in [0.2, 0.25) is 11.8 Å². The molecule has 4 heteroatoms. The highest BCUT2D eigenvalue weighted by atomic mass is 16.2. The SMILES string of the molecule is CN(Cc1cccc2ccccc12)C1CCC(=O)NC1=O. The lowest BCUT2D eigenvalue weighted by molar-refractivity contribution is -0.137. The minimum Gasteiger partial charge on any atom is -0.295 e. The van der Waals surface area contributed by atoms with E-state index in [-0.39, 0.29) is 17.9 Å². The molecule has 21 heavy (non-hydrogen) atoms. The Morgan fingerprint density at radius 1 is 1.14 bits per heavy atom. The van der Waals surface area contributed by atoms with E-state index in [2.05, 4.69) is 29.6 Å². The van der Waals surface area contributed by atoms with Crippen molar-refractivity contribution in [1.82, 2.24) is 10.2 Å². The van der Waals surface area contributed by atoms with E-state index >= 15 is 0 Å². The number of nitrogens with zero attached hydrogens (tertiary/aromatic N) is 1. The summed E-state index contributed by atoms with van der Waals surface area (Å²) in [7, 11) is 1.93. The van der Waals surface area contributed by atoms with Crippen molar-refractivity contribution >= 4 is 22.6 Å². The van der Waals surface area contributed by atoms with Crippen molar-refractivity contribution in [1.29, 1.82) is 0 Å². The van der Waals surface area contributed by atoms with Gasteiger partial charge >= 0.3 is 0 Å². The summed E-state index contributed by atoms with van der Waals surface area (Å²) in [5.74, 6) is -0.358. The molecule has 1 heterocycles. The molecule has 2 aromatic carbocycles. The first-order chi connectivity index (χ1) is 10.1. The summed E-state index contributed by atoms with van der Waals surface area (Å²) in [4.78, 5) is 25.2. The molecule has 0 aromatic heterocycles. The van der Waals surface area contributed by atoms with Crippen LogP contribution in [0.25, 0.3) is 10.8 Å². The Kier molecular flexibility index (Phi) is 3.71. The van der Waals surface area contributed by atoms with Crippen LogP contribution < -0.4 is 5.32 Å². The largest absolute Gasteiger partial charge is 0.295 e. The highest BCUT2D eigenvalue weighted by Crippen LogP contribution is 2.21. The van der Waals surface area contributed by atoms with Gasteiger partial charge in [-0.2, -0.15) is 0 Å². The van der Waals surface area contributed by atoms with Crippen molar-refractivity contribution in [2.45, 2.75) is 25.4 Å². The Bertz CT molecular complexity index is 691. The number of nitrogens with one attached hydrogen (secondary N) is 1. The minimum absolute atomic E-state index is 0.171. The first-order valence-electron chi connectivity index (χ1n) is 7.16. The number of imide groups is 1. The number of rotatable bonds is 3. The summed E-state index contributed by atoms with van der Waals surface area (Å²) in [6, 6.07) is 14.2. The lowest BCUT2D eigenvalue weighted by atomic mass is 10.0. The fourth-order valence-electron chi connectivity index (χ4n) is 2.91. The van der Waals surface area contributed by atoms with Crippen molar-refractivity contribution in [3.05, 3.63) is 48.0 Å². The second-order valence-corrected chi connectivity index (χ2v) is 5.52. The van der Waals surface area contributed by atoms with Crippen molar-refractivity contribution in [2.24, 2.45) is 0 Å². The van der Waals surface area contributed by atoms with Gasteiger partial charge in [-0.05, 0) is 29.8 Å². The summed E-state index contributed by atoms with van der Waals surface area (Å²) < 4.78 is 0. The van der Waals surface area contributed by atoms with Crippen LogP contribution in [0.15, 0.2) is 42.5 Å². The molecule has 0 spiro atoms. The van der Waals surface area contributed by atoms with Crippen molar-refractivity contribution < 1.29 is 9.59 Å². The van der Waals surface area contributed by atoms with Crippen LogP contribution in [-0.4, -0.2) is 29.8 Å². The number of likely N-dealkylation sites (N-methyl/N-ethyl adjacent to an activating group) is 1. The number of benzene rings is 2. The number of carbonyl (C=O) groups excluding carboxylic acids is 2. The van der Waals surface area contributed by atoms with Crippen LogP contribution in [-0.2, 0) is 16.1 Å². The van der Waals surface area contributed by atoms with Gasteiger partial charge in [-0.3, -0.25) is 19.8 Å². The molecule has 2 amide bonds. The van der Waals surface area contributed by atoms with Crippen LogP contribution in [0.1, 0.15) is 18.4 Å². The maximum absolute atomic E-state index is 11.9. The van der Waals surface area contributed by atoms with Crippen LogP contribution in [0.2, 0.25) is 0 Å². The number of hydrogen-bond donors (Lipinski definition) is 1. The lowest BCUT2D eigenvalue weighted by Crippen LogP contribution is -2.50. The van der Waals surface area contributed by atoms with Gasteiger partial charge in [0.25, 0.3) is 0 Å². The number of piperidine rings is 1. The Morgan fingerprint density at radius 3 is 2.71 bits per heavy atom. The summed E-state index contributed by atoms with van der Waals surface area (Å²) in [6.07, 6.45) is 1.00. The van der Waals surface area contributed by atoms with E-state index in [0.29, 0.717) is 19.4 Å². The zero-order valence-electron chi connectivity index (χ0n) is 12.0. The molecule has 1 aliphatic rings. The Labute approximate surface area is 123 Å². The molecule has 1 unspecified atom stereocenters. The van der Waals surface area contributed by atoms with Gasteiger partial charge in [0.1, 0.15) is 0 Å². The standard InChI is InChI=1S/C17H18N2O2/c1-19(15-9-10-16(20)18-17(15)21)11-13-7-4-6-12-5-2-3-8-14(12)13/h2-8,15H,9-11H2,1H3,(H,18,20,21). The van der Waals surface area contributed by atoms with Gasteiger partial charge in [0, 0.05) is 13.0 Å². The van der Waals surface area contributed by atoms with E-state index in [0.717, 1.165) is 0 Å². The quantitative estimate of drug-likeness (QED) is 0.877. The van der Waals surface area contributed by atoms with Gasteiger partial charge in [-0.25, -0.2) is 0 Å². The lowest BCUT2D eigenvalue weighted by Gasteiger charge is -2.29. The summed E-state index contributed by atoms with van der Waals surface area (Å²) in [6.45, 7) is 0.688. The topological polar surface area (TPSA) is 49.4 Å². The first-order valence-corrected chi connectivity index (χ1v) is 7.16. The summed E-state index contributed by atoms with van der Waals surface area (Å²) >= 11 is 0. The van der Waals surface area contributed by atoms with Crippen LogP contribution in [0.4, 0.5) is 0 Å². The molecule has 0 aliphatic carbocycles. The van der Waals surface area contributed by atoms with Crippen molar-refractivity contribution in [2.75, 3.05) is 7.05 Å². The van der Waals surface area contributed by atoms with Gasteiger partial charge in [0.15, 0.2) is 0 Å². The van der Waals surface area contributed by atoms with Crippen LogP contribution in [0.3, 0.4) is 0 Å². The number of amides is 2. The highest BCUT2D eigenvalue weighted by Gasteiger charge is 2.29. The zero-order chi connectivity index (χ0) is 14.8.